The lowest BCUT2D eigenvalue weighted by atomic mass is 10.0. The first kappa shape index (κ1) is 15.0. The maximum Gasteiger partial charge on any atom is 0.222 e. The van der Waals surface area contributed by atoms with E-state index in [1.54, 1.807) is 11.1 Å². The Morgan fingerprint density at radius 2 is 2.40 bits per heavy atom. The molecule has 112 valence electrons. The van der Waals surface area contributed by atoms with Gasteiger partial charge in [-0.1, -0.05) is 0 Å². The molecule has 0 aromatic carbocycles. The largest absolute Gasteiger partial charge is 0.387 e. The van der Waals surface area contributed by atoms with Crippen molar-refractivity contribution in [3.05, 3.63) is 18.0 Å². The quantitative estimate of drug-likeness (QED) is 0.784. The molecule has 0 radical (unpaired) electrons. The standard InChI is InChI=1S/C14H24N4O2/c1-17(2)10-14(20)6-7-18(11-14)13(19)5-3-4-12-8-15-16-9-12/h8-9,20H,3-7,10-11H2,1-2H3,(H,15,16)/t14-/m1/s1. The highest BCUT2D eigenvalue weighted by molar-refractivity contribution is 5.76. The first-order valence-corrected chi connectivity index (χ1v) is 7.11. The second-order valence-electron chi connectivity index (χ2n) is 5.99. The van der Waals surface area contributed by atoms with Crippen LogP contribution in [0.25, 0.3) is 0 Å². The summed E-state index contributed by atoms with van der Waals surface area (Å²) in [6, 6.07) is 0. The number of aromatic nitrogens is 2. The molecule has 6 nitrogen and oxygen atoms in total. The van der Waals surface area contributed by atoms with Gasteiger partial charge >= 0.3 is 0 Å². The van der Waals surface area contributed by atoms with Gasteiger partial charge in [-0.3, -0.25) is 9.89 Å². The average molecular weight is 280 g/mol. The van der Waals surface area contributed by atoms with Crippen LogP contribution in [0.1, 0.15) is 24.8 Å². The number of likely N-dealkylation sites (N-methyl/N-ethyl adjacent to an activating group) is 1. The van der Waals surface area contributed by atoms with Gasteiger partial charge in [-0.25, -0.2) is 0 Å². The minimum atomic E-state index is -0.746. The topological polar surface area (TPSA) is 72.5 Å². The van der Waals surface area contributed by atoms with Crippen LogP contribution in [0.2, 0.25) is 0 Å². The van der Waals surface area contributed by atoms with E-state index in [-0.39, 0.29) is 5.91 Å². The van der Waals surface area contributed by atoms with E-state index in [1.807, 2.05) is 25.2 Å². The number of rotatable bonds is 6. The number of aryl methyl sites for hydroxylation is 1. The third kappa shape index (κ3) is 4.05. The summed E-state index contributed by atoms with van der Waals surface area (Å²) in [4.78, 5) is 15.9. The minimum absolute atomic E-state index is 0.142. The van der Waals surface area contributed by atoms with Crippen molar-refractivity contribution in [2.75, 3.05) is 33.7 Å². The van der Waals surface area contributed by atoms with E-state index < -0.39 is 5.60 Å². The van der Waals surface area contributed by atoms with Crippen LogP contribution in [-0.2, 0) is 11.2 Å². The number of H-pyrrole nitrogens is 1. The number of hydrogen-bond acceptors (Lipinski definition) is 4. The van der Waals surface area contributed by atoms with Crippen molar-refractivity contribution in [1.82, 2.24) is 20.0 Å². The summed E-state index contributed by atoms with van der Waals surface area (Å²) >= 11 is 0. The van der Waals surface area contributed by atoms with Gasteiger partial charge in [-0.05, 0) is 38.9 Å². The number of hydrogen-bond donors (Lipinski definition) is 2. The van der Waals surface area contributed by atoms with E-state index in [4.69, 9.17) is 0 Å². The summed E-state index contributed by atoms with van der Waals surface area (Å²) in [5.74, 6) is 0.142. The number of β-amino-alcohol motifs (C(OH)–C–C–N with tert-alkyl or cyclic N) is 1. The minimum Gasteiger partial charge on any atom is -0.387 e. The molecule has 1 fully saturated rings. The van der Waals surface area contributed by atoms with Gasteiger partial charge in [0.15, 0.2) is 0 Å². The predicted molar refractivity (Wildman–Crippen MR) is 76.2 cm³/mol. The SMILES string of the molecule is CN(C)C[C@]1(O)CCN(C(=O)CCCc2cn[nH]c2)C1. The fourth-order valence-electron chi connectivity index (χ4n) is 2.80. The lowest BCUT2D eigenvalue weighted by molar-refractivity contribution is -0.131. The monoisotopic (exact) mass is 280 g/mol. The first-order valence-electron chi connectivity index (χ1n) is 7.11. The van der Waals surface area contributed by atoms with Crippen molar-refractivity contribution in [2.24, 2.45) is 0 Å². The summed E-state index contributed by atoms with van der Waals surface area (Å²) in [7, 11) is 3.88. The van der Waals surface area contributed by atoms with E-state index in [2.05, 4.69) is 10.2 Å². The molecule has 2 heterocycles. The Kier molecular flexibility index (Phi) is 4.77. The van der Waals surface area contributed by atoms with Crippen molar-refractivity contribution in [1.29, 1.82) is 0 Å². The van der Waals surface area contributed by atoms with E-state index in [1.165, 1.54) is 0 Å². The maximum atomic E-state index is 12.1. The van der Waals surface area contributed by atoms with E-state index in [9.17, 15) is 9.90 Å². The molecule has 1 aromatic heterocycles. The average Bonchev–Trinajstić information content (AvgIpc) is 2.98. The molecule has 1 aliphatic rings. The number of nitrogens with zero attached hydrogens (tertiary/aromatic N) is 3. The number of aliphatic hydroxyl groups is 1. The smallest absolute Gasteiger partial charge is 0.222 e. The van der Waals surface area contributed by atoms with Gasteiger partial charge < -0.3 is 14.9 Å². The Balaban J connectivity index is 1.74. The highest BCUT2D eigenvalue weighted by Gasteiger charge is 2.38. The van der Waals surface area contributed by atoms with Gasteiger partial charge in [-0.15, -0.1) is 0 Å². The van der Waals surface area contributed by atoms with Crippen LogP contribution in [0.5, 0.6) is 0 Å². The van der Waals surface area contributed by atoms with Crippen LogP contribution in [0.4, 0.5) is 0 Å². The van der Waals surface area contributed by atoms with Crippen molar-refractivity contribution >= 4 is 5.91 Å². The molecule has 0 spiro atoms. The van der Waals surface area contributed by atoms with Gasteiger partial charge in [-0.2, -0.15) is 5.10 Å². The predicted octanol–water partition coefficient (Wildman–Crippen LogP) is 0.257. The summed E-state index contributed by atoms with van der Waals surface area (Å²) < 4.78 is 0. The van der Waals surface area contributed by atoms with Crippen molar-refractivity contribution in [2.45, 2.75) is 31.3 Å². The Hall–Kier alpha value is -1.40. The van der Waals surface area contributed by atoms with E-state index >= 15 is 0 Å². The van der Waals surface area contributed by atoms with Crippen LogP contribution in [0, 0.1) is 0 Å². The molecular weight excluding hydrogens is 256 g/mol. The fraction of sp³-hybridized carbons (Fsp3) is 0.714. The molecule has 20 heavy (non-hydrogen) atoms. The van der Waals surface area contributed by atoms with Gasteiger partial charge in [0.1, 0.15) is 0 Å². The molecular formula is C14H24N4O2. The second-order valence-corrected chi connectivity index (χ2v) is 5.99. The third-order valence-electron chi connectivity index (χ3n) is 3.71. The molecule has 1 aliphatic heterocycles. The summed E-state index contributed by atoms with van der Waals surface area (Å²) in [5.41, 5.74) is 0.382. The summed E-state index contributed by atoms with van der Waals surface area (Å²) in [5, 5.41) is 17.1. The van der Waals surface area contributed by atoms with Gasteiger partial charge in [0.05, 0.1) is 18.3 Å². The lowest BCUT2D eigenvalue weighted by Crippen LogP contribution is -2.43. The van der Waals surface area contributed by atoms with Crippen LogP contribution in [0.15, 0.2) is 12.4 Å². The summed E-state index contributed by atoms with van der Waals surface area (Å²) in [6.45, 7) is 1.72. The number of amides is 1. The zero-order valence-electron chi connectivity index (χ0n) is 12.3. The molecule has 1 atom stereocenters. The van der Waals surface area contributed by atoms with Gasteiger partial charge in [0.25, 0.3) is 0 Å². The Morgan fingerprint density at radius 1 is 1.60 bits per heavy atom. The van der Waals surface area contributed by atoms with Crippen LogP contribution < -0.4 is 0 Å². The number of carbonyl (C=O) groups is 1. The number of carbonyl (C=O) groups excluding carboxylic acids is 1. The van der Waals surface area contributed by atoms with Crippen LogP contribution in [-0.4, -0.2) is 70.3 Å². The van der Waals surface area contributed by atoms with Crippen LogP contribution >= 0.6 is 0 Å². The van der Waals surface area contributed by atoms with Gasteiger partial charge in [0.2, 0.25) is 5.91 Å². The molecule has 1 saturated heterocycles. The molecule has 0 aliphatic carbocycles. The van der Waals surface area contributed by atoms with Gasteiger partial charge in [0, 0.05) is 25.7 Å². The zero-order chi connectivity index (χ0) is 14.6. The van der Waals surface area contributed by atoms with Crippen molar-refractivity contribution < 1.29 is 9.90 Å². The Bertz CT molecular complexity index is 432. The molecule has 0 unspecified atom stereocenters. The Morgan fingerprint density at radius 3 is 3.05 bits per heavy atom. The summed E-state index contributed by atoms with van der Waals surface area (Å²) in [6.07, 6.45) is 6.52. The first-order chi connectivity index (χ1) is 9.48. The van der Waals surface area contributed by atoms with E-state index in [0.717, 1.165) is 18.4 Å². The highest BCUT2D eigenvalue weighted by Crippen LogP contribution is 2.22. The number of likely N-dealkylation sites (tertiary alicyclic amines) is 1. The van der Waals surface area contributed by atoms with Crippen molar-refractivity contribution in [3.63, 3.8) is 0 Å². The lowest BCUT2D eigenvalue weighted by Gasteiger charge is -2.26. The molecule has 2 N–H and O–H groups in total. The molecule has 0 saturated carbocycles. The van der Waals surface area contributed by atoms with Crippen molar-refractivity contribution in [3.8, 4) is 0 Å². The molecule has 1 aromatic rings. The number of nitrogens with one attached hydrogen (secondary N) is 1. The van der Waals surface area contributed by atoms with Crippen LogP contribution in [0.3, 0.4) is 0 Å². The molecule has 1 amide bonds. The normalized spacial score (nSPS) is 22.7. The Labute approximate surface area is 119 Å². The highest BCUT2D eigenvalue weighted by atomic mass is 16.3. The fourth-order valence-corrected chi connectivity index (χ4v) is 2.80. The number of aromatic amines is 1. The molecule has 6 heteroatoms. The molecule has 2 rings (SSSR count). The zero-order valence-corrected chi connectivity index (χ0v) is 12.3. The second kappa shape index (κ2) is 6.37. The molecule has 0 bridgehead atoms. The maximum absolute atomic E-state index is 12.1. The van der Waals surface area contributed by atoms with E-state index in [0.29, 0.717) is 32.5 Å². The third-order valence-corrected chi connectivity index (χ3v) is 3.71.